The fraction of sp³-hybridized carbons (Fsp3) is 0.160. The zero-order valence-corrected chi connectivity index (χ0v) is 17.7. The van der Waals surface area contributed by atoms with E-state index in [0.29, 0.717) is 5.82 Å². The summed E-state index contributed by atoms with van der Waals surface area (Å²) >= 11 is 0. The monoisotopic (exact) mass is 418 g/mol. The number of pyridine rings is 1. The van der Waals surface area contributed by atoms with Gasteiger partial charge < -0.3 is 15.2 Å². The fourth-order valence-corrected chi connectivity index (χ4v) is 4.50. The van der Waals surface area contributed by atoms with Gasteiger partial charge in [-0.2, -0.15) is 0 Å². The van der Waals surface area contributed by atoms with Crippen LogP contribution in [-0.4, -0.2) is 19.2 Å². The van der Waals surface area contributed by atoms with Crippen molar-refractivity contribution in [3.05, 3.63) is 83.4 Å². The minimum atomic E-state index is 0. The number of nitrogens with two attached hydrogens (primary N) is 1. The molecule has 0 aliphatic heterocycles. The number of hydrogen-bond donors (Lipinski definition) is 1. The zero-order valence-electron chi connectivity index (χ0n) is 16.9. The van der Waals surface area contributed by atoms with Crippen LogP contribution in [0.3, 0.4) is 0 Å². The van der Waals surface area contributed by atoms with Gasteiger partial charge in [0.2, 0.25) is 0 Å². The van der Waals surface area contributed by atoms with Crippen molar-refractivity contribution in [2.24, 2.45) is 0 Å². The summed E-state index contributed by atoms with van der Waals surface area (Å²) < 4.78 is 11.3. The molecule has 0 saturated heterocycles. The molecule has 1 atom stereocenters. The van der Waals surface area contributed by atoms with Gasteiger partial charge in [-0.05, 0) is 41.1 Å². The van der Waals surface area contributed by atoms with Crippen molar-refractivity contribution in [2.75, 3.05) is 20.0 Å². The first-order valence-corrected chi connectivity index (χ1v) is 9.69. The zero-order chi connectivity index (χ0) is 20.0. The maximum atomic E-state index is 6.37. The number of rotatable bonds is 3. The topological polar surface area (TPSA) is 57.4 Å². The minimum Gasteiger partial charge on any atom is -0.497 e. The molecule has 1 aliphatic carbocycles. The molecule has 1 aromatic heterocycles. The van der Waals surface area contributed by atoms with Crippen molar-refractivity contribution in [1.82, 2.24) is 4.98 Å². The SMILES string of the molecule is COc1ccc(OC)c(C2Cc3ccccc3-c3nc(N)c4ccccc4c32)c1.Cl. The number of methoxy groups -OCH3 is 2. The second-order valence-electron chi connectivity index (χ2n) is 7.33. The lowest BCUT2D eigenvalue weighted by molar-refractivity contribution is 0.396. The molecule has 1 unspecified atom stereocenters. The molecule has 0 spiro atoms. The summed E-state index contributed by atoms with van der Waals surface area (Å²) in [5, 5.41) is 2.12. The molecule has 0 amide bonds. The van der Waals surface area contributed by atoms with Gasteiger partial charge in [-0.3, -0.25) is 0 Å². The highest BCUT2D eigenvalue weighted by molar-refractivity contribution is 5.98. The van der Waals surface area contributed by atoms with E-state index < -0.39 is 0 Å². The standard InChI is InChI=1S/C25H22N2O2.ClH/c1-28-16-11-12-22(29-2)20(14-16)21-13-15-7-3-4-8-17(15)24-23(21)18-9-5-6-10-19(18)25(26)27-24;/h3-12,14,21H,13H2,1-2H3,(H2,26,27);1H. The third kappa shape index (κ3) is 3.04. The van der Waals surface area contributed by atoms with Crippen molar-refractivity contribution in [3.63, 3.8) is 0 Å². The van der Waals surface area contributed by atoms with Gasteiger partial charge in [0.25, 0.3) is 0 Å². The van der Waals surface area contributed by atoms with Crippen molar-refractivity contribution < 1.29 is 9.47 Å². The Bertz CT molecular complexity index is 1240. The van der Waals surface area contributed by atoms with Crippen molar-refractivity contribution >= 4 is 29.0 Å². The minimum absolute atomic E-state index is 0. The largest absolute Gasteiger partial charge is 0.497 e. The van der Waals surface area contributed by atoms with Crippen molar-refractivity contribution in [1.29, 1.82) is 0 Å². The maximum Gasteiger partial charge on any atom is 0.131 e. The molecule has 0 radical (unpaired) electrons. The molecule has 0 bridgehead atoms. The van der Waals surface area contributed by atoms with E-state index in [2.05, 4.69) is 42.5 Å². The van der Waals surface area contributed by atoms with Crippen LogP contribution in [0.1, 0.15) is 22.6 Å². The van der Waals surface area contributed by atoms with Gasteiger partial charge in [0, 0.05) is 22.4 Å². The van der Waals surface area contributed by atoms with Crippen molar-refractivity contribution in [3.8, 4) is 22.8 Å². The number of anilines is 1. The predicted octanol–water partition coefficient (Wildman–Crippen LogP) is 5.61. The number of fused-ring (bicyclic) bond motifs is 5. The van der Waals surface area contributed by atoms with E-state index in [4.69, 9.17) is 20.2 Å². The van der Waals surface area contributed by atoms with E-state index in [0.717, 1.165) is 45.5 Å². The number of ether oxygens (including phenoxy) is 2. The average molecular weight is 419 g/mol. The Morgan fingerprint density at radius 2 is 1.63 bits per heavy atom. The molecule has 0 fully saturated rings. The summed E-state index contributed by atoms with van der Waals surface area (Å²) in [5.41, 5.74) is 12.0. The highest BCUT2D eigenvalue weighted by Crippen LogP contribution is 2.48. The lowest BCUT2D eigenvalue weighted by Gasteiger charge is -2.30. The quantitative estimate of drug-likeness (QED) is 0.469. The van der Waals surface area contributed by atoms with E-state index in [-0.39, 0.29) is 18.3 Å². The summed E-state index contributed by atoms with van der Waals surface area (Å²) in [6.45, 7) is 0. The van der Waals surface area contributed by atoms with Crippen LogP contribution in [0, 0.1) is 0 Å². The first-order chi connectivity index (χ1) is 14.2. The van der Waals surface area contributed by atoms with E-state index in [9.17, 15) is 0 Å². The van der Waals surface area contributed by atoms with Gasteiger partial charge in [-0.25, -0.2) is 4.98 Å². The summed E-state index contributed by atoms with van der Waals surface area (Å²) in [7, 11) is 3.40. The number of benzene rings is 3. The van der Waals surface area contributed by atoms with Crippen LogP contribution in [0.25, 0.3) is 22.0 Å². The summed E-state index contributed by atoms with van der Waals surface area (Å²) in [6.07, 6.45) is 0.863. The van der Waals surface area contributed by atoms with Gasteiger partial charge in [0.05, 0.1) is 19.9 Å². The summed E-state index contributed by atoms with van der Waals surface area (Å²) in [4.78, 5) is 4.86. The molecule has 152 valence electrons. The fourth-order valence-electron chi connectivity index (χ4n) is 4.50. The van der Waals surface area contributed by atoms with Crippen LogP contribution in [0.4, 0.5) is 5.82 Å². The van der Waals surface area contributed by atoms with Crippen LogP contribution in [0.15, 0.2) is 66.7 Å². The van der Waals surface area contributed by atoms with E-state index in [1.165, 1.54) is 11.1 Å². The molecule has 2 N–H and O–H groups in total. The van der Waals surface area contributed by atoms with Gasteiger partial charge in [0.1, 0.15) is 17.3 Å². The van der Waals surface area contributed by atoms with Crippen LogP contribution in [0.2, 0.25) is 0 Å². The Hall–Kier alpha value is -3.24. The molecular formula is C25H23ClN2O2. The van der Waals surface area contributed by atoms with E-state index >= 15 is 0 Å². The molecule has 3 aromatic carbocycles. The number of nitrogen functional groups attached to an aromatic ring is 1. The molecule has 5 heteroatoms. The molecule has 1 aliphatic rings. The number of hydrogen-bond acceptors (Lipinski definition) is 4. The Labute approximate surface area is 182 Å². The summed E-state index contributed by atoms with van der Waals surface area (Å²) in [6, 6.07) is 22.7. The lowest BCUT2D eigenvalue weighted by Crippen LogP contribution is -2.16. The molecule has 30 heavy (non-hydrogen) atoms. The predicted molar refractivity (Wildman–Crippen MR) is 124 cm³/mol. The average Bonchev–Trinajstić information content (AvgIpc) is 2.78. The second kappa shape index (κ2) is 7.88. The van der Waals surface area contributed by atoms with Crippen molar-refractivity contribution in [2.45, 2.75) is 12.3 Å². The maximum absolute atomic E-state index is 6.37. The van der Waals surface area contributed by atoms with Gasteiger partial charge in [-0.15, -0.1) is 12.4 Å². The number of nitrogens with zero attached hydrogens (tertiary/aromatic N) is 1. The lowest BCUT2D eigenvalue weighted by atomic mass is 9.75. The summed E-state index contributed by atoms with van der Waals surface area (Å²) in [5.74, 6) is 2.31. The number of aromatic nitrogens is 1. The van der Waals surface area contributed by atoms with Crippen LogP contribution < -0.4 is 15.2 Å². The first-order valence-electron chi connectivity index (χ1n) is 9.69. The molecule has 4 nitrogen and oxygen atoms in total. The van der Waals surface area contributed by atoms with E-state index in [1.54, 1.807) is 14.2 Å². The van der Waals surface area contributed by atoms with Gasteiger partial charge in [0.15, 0.2) is 0 Å². The first kappa shape index (κ1) is 20.0. The Morgan fingerprint density at radius 3 is 2.40 bits per heavy atom. The molecule has 1 heterocycles. The van der Waals surface area contributed by atoms with Crippen LogP contribution in [0.5, 0.6) is 11.5 Å². The van der Waals surface area contributed by atoms with Crippen LogP contribution >= 0.6 is 12.4 Å². The third-order valence-electron chi connectivity index (χ3n) is 5.84. The number of halogens is 1. The molecule has 4 aromatic rings. The highest BCUT2D eigenvalue weighted by Gasteiger charge is 2.31. The third-order valence-corrected chi connectivity index (χ3v) is 5.84. The Kier molecular flexibility index (Phi) is 5.27. The Morgan fingerprint density at radius 1 is 0.900 bits per heavy atom. The van der Waals surface area contributed by atoms with E-state index in [1.807, 2.05) is 24.3 Å². The molecule has 5 rings (SSSR count). The molecular weight excluding hydrogens is 396 g/mol. The smallest absolute Gasteiger partial charge is 0.131 e. The second-order valence-corrected chi connectivity index (χ2v) is 7.33. The van der Waals surface area contributed by atoms with Gasteiger partial charge in [-0.1, -0.05) is 48.5 Å². The Balaban J connectivity index is 0.00000218. The normalized spacial score (nSPS) is 14.4. The molecule has 0 saturated carbocycles. The van der Waals surface area contributed by atoms with Gasteiger partial charge >= 0.3 is 0 Å². The van der Waals surface area contributed by atoms with Crippen LogP contribution in [-0.2, 0) is 6.42 Å². The highest BCUT2D eigenvalue weighted by atomic mass is 35.5.